The molecule has 0 aromatic carbocycles. The minimum absolute atomic E-state index is 0.0504. The van der Waals surface area contributed by atoms with Crippen molar-refractivity contribution in [1.82, 2.24) is 16.0 Å². The Hall–Kier alpha value is -3.77. The molecule has 1 aliphatic rings. The molecule has 0 aliphatic heterocycles. The van der Waals surface area contributed by atoms with E-state index in [9.17, 15) is 29.4 Å². The highest BCUT2D eigenvalue weighted by Crippen LogP contribution is 2.20. The maximum absolute atomic E-state index is 12.9. The third kappa shape index (κ3) is 12.3. The number of aliphatic hydroxyl groups is 1. The zero-order valence-electron chi connectivity index (χ0n) is 19.5. The lowest BCUT2D eigenvalue weighted by molar-refractivity contribution is -0.142. The Bertz CT molecular complexity index is 868. The smallest absolute Gasteiger partial charge is 0.326 e. The topological polar surface area (TPSA) is 246 Å². The first kappa shape index (κ1) is 29.3. The van der Waals surface area contributed by atoms with E-state index in [1.807, 2.05) is 0 Å². The molecule has 35 heavy (non-hydrogen) atoms. The standard InChI is InChI=1S/C21H34N8O6/c22-15(4-3-10-25-21(23)35)18(31)27-16(5-1-2-11-26-29-24)19(32)28-17(20(33)34)12-13-6-8-14(30)9-7-13/h6,8,15-17,30H,1-5,7,9-12,22H2,(H,27,31)(H,28,32)(H,33,34)(H3,23,25,35)/t15-,16-,17-/m0/s1. The second-order valence-electron chi connectivity index (χ2n) is 8.14. The minimum Gasteiger partial charge on any atom is -0.512 e. The van der Waals surface area contributed by atoms with Crippen LogP contribution in [0, 0.1) is 0 Å². The van der Waals surface area contributed by atoms with E-state index in [-0.39, 0.29) is 38.1 Å². The van der Waals surface area contributed by atoms with Crippen LogP contribution in [0.5, 0.6) is 0 Å². The van der Waals surface area contributed by atoms with Crippen LogP contribution in [0.2, 0.25) is 0 Å². The highest BCUT2D eigenvalue weighted by atomic mass is 16.4. The van der Waals surface area contributed by atoms with Crippen LogP contribution in [0.15, 0.2) is 28.6 Å². The SMILES string of the molecule is [N-]=[N+]=NCCCC[C@H](NC(=O)[C@@H](N)CCCNC(N)=O)C(=O)N[C@@H](CC1=CC=C(O)CC1)C(=O)O. The molecule has 0 fully saturated rings. The van der Waals surface area contributed by atoms with E-state index in [0.29, 0.717) is 32.1 Å². The van der Waals surface area contributed by atoms with Gasteiger partial charge in [-0.25, -0.2) is 9.59 Å². The molecule has 14 nitrogen and oxygen atoms in total. The summed E-state index contributed by atoms with van der Waals surface area (Å²) in [5, 5.41) is 29.9. The molecule has 1 aliphatic carbocycles. The number of carboxylic acids is 1. The lowest BCUT2D eigenvalue weighted by Crippen LogP contribution is -2.54. The number of unbranched alkanes of at least 4 members (excludes halogenated alkanes) is 1. The summed E-state index contributed by atoms with van der Waals surface area (Å²) in [5.41, 5.74) is 20.0. The number of nitrogens with one attached hydrogen (secondary N) is 3. The highest BCUT2D eigenvalue weighted by molar-refractivity contribution is 5.91. The Morgan fingerprint density at radius 3 is 2.37 bits per heavy atom. The Labute approximate surface area is 202 Å². The summed E-state index contributed by atoms with van der Waals surface area (Å²) in [5.74, 6) is -2.30. The number of allylic oxidation sites excluding steroid dienone is 3. The van der Waals surface area contributed by atoms with Gasteiger partial charge in [0, 0.05) is 24.4 Å². The predicted octanol–water partition coefficient (Wildman–Crippen LogP) is 0.849. The number of urea groups is 1. The number of amides is 4. The number of aliphatic carboxylic acids is 1. The molecule has 0 spiro atoms. The van der Waals surface area contributed by atoms with Gasteiger partial charge in [0.15, 0.2) is 0 Å². The molecule has 14 heteroatoms. The van der Waals surface area contributed by atoms with Crippen LogP contribution in [0.3, 0.4) is 0 Å². The molecule has 9 N–H and O–H groups in total. The molecule has 1 rings (SSSR count). The average Bonchev–Trinajstić information content (AvgIpc) is 2.81. The molecule has 0 saturated carbocycles. The van der Waals surface area contributed by atoms with Crippen molar-refractivity contribution in [1.29, 1.82) is 0 Å². The fraction of sp³-hybridized carbons (Fsp3) is 0.619. The number of nitrogens with two attached hydrogens (primary N) is 2. The van der Waals surface area contributed by atoms with Gasteiger partial charge < -0.3 is 37.6 Å². The summed E-state index contributed by atoms with van der Waals surface area (Å²) in [6, 6.07) is -3.91. The van der Waals surface area contributed by atoms with Crippen LogP contribution in [-0.4, -0.2) is 65.2 Å². The quantitative estimate of drug-likeness (QED) is 0.0704. The molecule has 0 aromatic rings. The van der Waals surface area contributed by atoms with Crippen LogP contribution >= 0.6 is 0 Å². The van der Waals surface area contributed by atoms with E-state index >= 15 is 0 Å². The van der Waals surface area contributed by atoms with E-state index in [2.05, 4.69) is 26.0 Å². The number of nitrogens with zero attached hydrogens (tertiary/aromatic N) is 3. The maximum atomic E-state index is 12.9. The maximum Gasteiger partial charge on any atom is 0.326 e. The number of aliphatic hydroxyl groups excluding tert-OH is 1. The van der Waals surface area contributed by atoms with Crippen molar-refractivity contribution in [2.75, 3.05) is 13.1 Å². The van der Waals surface area contributed by atoms with Crippen molar-refractivity contribution in [3.8, 4) is 0 Å². The third-order valence-corrected chi connectivity index (χ3v) is 5.32. The van der Waals surface area contributed by atoms with E-state index < -0.39 is 41.9 Å². The van der Waals surface area contributed by atoms with Crippen molar-refractivity contribution in [2.45, 2.75) is 69.5 Å². The second kappa shape index (κ2) is 16.0. The molecule has 4 amide bonds. The number of hydrogen-bond acceptors (Lipinski definition) is 7. The molecule has 0 heterocycles. The Kier molecular flexibility index (Phi) is 13.3. The molecule has 0 radical (unpaired) electrons. The van der Waals surface area contributed by atoms with E-state index in [1.165, 1.54) is 6.08 Å². The molecular weight excluding hydrogens is 460 g/mol. The average molecular weight is 495 g/mol. The molecule has 0 bridgehead atoms. The lowest BCUT2D eigenvalue weighted by atomic mass is 9.96. The Morgan fingerprint density at radius 1 is 1.06 bits per heavy atom. The monoisotopic (exact) mass is 494 g/mol. The van der Waals surface area contributed by atoms with E-state index in [0.717, 1.165) is 5.57 Å². The molecule has 194 valence electrons. The fourth-order valence-corrected chi connectivity index (χ4v) is 3.36. The number of carboxylic acid groups (broad SMARTS) is 1. The van der Waals surface area contributed by atoms with Gasteiger partial charge in [-0.2, -0.15) is 0 Å². The van der Waals surface area contributed by atoms with Crippen LogP contribution in [-0.2, 0) is 14.4 Å². The summed E-state index contributed by atoms with van der Waals surface area (Å²) in [7, 11) is 0. The van der Waals surface area contributed by atoms with Crippen molar-refractivity contribution in [3.63, 3.8) is 0 Å². The molecule has 0 aromatic heterocycles. The van der Waals surface area contributed by atoms with Gasteiger partial charge in [0.2, 0.25) is 11.8 Å². The number of azide groups is 1. The highest BCUT2D eigenvalue weighted by Gasteiger charge is 2.28. The zero-order chi connectivity index (χ0) is 26.2. The first-order chi connectivity index (χ1) is 16.6. The van der Waals surface area contributed by atoms with Gasteiger partial charge in [0.1, 0.15) is 12.1 Å². The van der Waals surface area contributed by atoms with Crippen LogP contribution in [0.25, 0.3) is 10.4 Å². The first-order valence-electron chi connectivity index (χ1n) is 11.3. The zero-order valence-corrected chi connectivity index (χ0v) is 19.5. The van der Waals surface area contributed by atoms with Gasteiger partial charge >= 0.3 is 12.0 Å². The summed E-state index contributed by atoms with van der Waals surface area (Å²) in [6.45, 7) is 0.459. The summed E-state index contributed by atoms with van der Waals surface area (Å²) in [6.07, 6.45) is 5.74. The minimum atomic E-state index is -1.23. The van der Waals surface area contributed by atoms with Crippen LogP contribution in [0.1, 0.15) is 51.4 Å². The molecule has 3 atom stereocenters. The van der Waals surface area contributed by atoms with Gasteiger partial charge in [0.25, 0.3) is 0 Å². The van der Waals surface area contributed by atoms with E-state index in [1.54, 1.807) is 6.08 Å². The largest absolute Gasteiger partial charge is 0.512 e. The predicted molar refractivity (Wildman–Crippen MR) is 127 cm³/mol. The van der Waals surface area contributed by atoms with Crippen molar-refractivity contribution < 1.29 is 29.4 Å². The Balaban J connectivity index is 2.78. The lowest BCUT2D eigenvalue weighted by Gasteiger charge is -2.24. The summed E-state index contributed by atoms with van der Waals surface area (Å²) in [4.78, 5) is 50.6. The second-order valence-corrected chi connectivity index (χ2v) is 8.14. The van der Waals surface area contributed by atoms with Crippen LogP contribution < -0.4 is 27.4 Å². The summed E-state index contributed by atoms with van der Waals surface area (Å²) < 4.78 is 0. The molecule has 0 saturated heterocycles. The van der Waals surface area contributed by atoms with Crippen molar-refractivity contribution in [2.24, 2.45) is 16.6 Å². The molecular formula is C21H34N8O6. The van der Waals surface area contributed by atoms with Crippen molar-refractivity contribution >= 4 is 23.8 Å². The summed E-state index contributed by atoms with van der Waals surface area (Å²) >= 11 is 0. The number of hydrogen-bond donors (Lipinski definition) is 7. The molecule has 0 unspecified atom stereocenters. The third-order valence-electron chi connectivity index (χ3n) is 5.32. The Morgan fingerprint density at radius 2 is 1.77 bits per heavy atom. The van der Waals surface area contributed by atoms with Gasteiger partial charge in [-0.05, 0) is 50.1 Å². The number of carbonyl (C=O) groups excluding carboxylic acids is 3. The van der Waals surface area contributed by atoms with Gasteiger partial charge in [-0.3, -0.25) is 9.59 Å². The van der Waals surface area contributed by atoms with Gasteiger partial charge in [-0.15, -0.1) is 0 Å². The number of primary amides is 1. The number of carbonyl (C=O) groups is 4. The van der Waals surface area contributed by atoms with Crippen LogP contribution in [0.4, 0.5) is 4.79 Å². The number of rotatable bonds is 16. The van der Waals surface area contributed by atoms with Gasteiger partial charge in [-0.1, -0.05) is 23.2 Å². The normalized spacial score (nSPS) is 15.3. The van der Waals surface area contributed by atoms with E-state index in [4.69, 9.17) is 17.0 Å². The first-order valence-corrected chi connectivity index (χ1v) is 11.3. The van der Waals surface area contributed by atoms with Gasteiger partial charge in [0.05, 0.1) is 11.8 Å². The fourth-order valence-electron chi connectivity index (χ4n) is 3.36. The van der Waals surface area contributed by atoms with Crippen molar-refractivity contribution in [3.05, 3.63) is 33.9 Å².